The third-order valence-corrected chi connectivity index (χ3v) is 7.81. The van der Waals surface area contributed by atoms with Crippen LogP contribution in [0.15, 0.2) is 76.6 Å². The molecule has 5 aromatic rings. The van der Waals surface area contributed by atoms with E-state index in [0.29, 0.717) is 29.1 Å². The van der Waals surface area contributed by atoms with E-state index in [1.165, 1.54) is 11.6 Å². The molecular formula is C36H38N4O5. The van der Waals surface area contributed by atoms with Crippen LogP contribution in [0.5, 0.6) is 11.5 Å². The van der Waals surface area contributed by atoms with E-state index < -0.39 is 12.1 Å². The lowest BCUT2D eigenvalue weighted by molar-refractivity contribution is -0.144. The third kappa shape index (κ3) is 6.24. The number of aliphatic carboxylic acids is 1. The Kier molecular flexibility index (Phi) is 8.90. The Morgan fingerprint density at radius 1 is 1.02 bits per heavy atom. The molecule has 1 N–H and O–H groups in total. The summed E-state index contributed by atoms with van der Waals surface area (Å²) in [6, 6.07) is 20.6. The highest BCUT2D eigenvalue weighted by Gasteiger charge is 2.19. The zero-order valence-electron chi connectivity index (χ0n) is 26.7. The zero-order chi connectivity index (χ0) is 32.4. The van der Waals surface area contributed by atoms with Gasteiger partial charge in [0.1, 0.15) is 11.5 Å². The first-order valence-corrected chi connectivity index (χ1v) is 15.0. The Labute approximate surface area is 262 Å². The molecule has 2 heterocycles. The fraction of sp³-hybridized carbons (Fsp3) is 0.278. The Morgan fingerprint density at radius 3 is 2.40 bits per heavy atom. The molecule has 0 saturated heterocycles. The molecule has 0 radical (unpaired) electrons. The van der Waals surface area contributed by atoms with Crippen molar-refractivity contribution >= 4 is 23.1 Å². The maximum atomic E-state index is 13.9. The number of rotatable bonds is 10. The van der Waals surface area contributed by atoms with Crippen molar-refractivity contribution in [3.63, 3.8) is 0 Å². The van der Waals surface area contributed by atoms with E-state index in [1.54, 1.807) is 24.4 Å². The number of carboxylic acids is 1. The van der Waals surface area contributed by atoms with Gasteiger partial charge in [0.2, 0.25) is 0 Å². The van der Waals surface area contributed by atoms with Crippen molar-refractivity contribution < 1.29 is 19.4 Å². The lowest BCUT2D eigenvalue weighted by Gasteiger charge is -2.18. The van der Waals surface area contributed by atoms with Gasteiger partial charge in [-0.2, -0.15) is 9.78 Å². The summed E-state index contributed by atoms with van der Waals surface area (Å²) in [6.45, 7) is 14.2. The summed E-state index contributed by atoms with van der Waals surface area (Å²) in [7, 11) is 0. The standard InChI is InChI=1S/C36H38N4O5/c1-8-44-33-17-22(4)31(19-30(33)21(2)3)34-38-32-12-10-9-11-29(32)35(41)40(34)37-20-26-18-23(5)39(24(26)6)27-13-15-28(16-14-27)45-25(7)36(42)43/h9-21,25H,8H2,1-7H3,(H,42,43)/t25-/m0/s1. The summed E-state index contributed by atoms with van der Waals surface area (Å²) in [4.78, 5) is 30.0. The van der Waals surface area contributed by atoms with Gasteiger partial charge in [0.25, 0.3) is 5.56 Å². The van der Waals surface area contributed by atoms with Gasteiger partial charge < -0.3 is 19.1 Å². The first kappa shape index (κ1) is 31.3. The number of carbonyl (C=O) groups is 1. The van der Waals surface area contributed by atoms with E-state index in [-0.39, 0.29) is 11.5 Å². The molecule has 0 spiro atoms. The Hall–Kier alpha value is -5.18. The number of fused-ring (bicyclic) bond motifs is 1. The smallest absolute Gasteiger partial charge is 0.344 e. The molecule has 2 aromatic heterocycles. The number of aryl methyl sites for hydroxylation is 2. The number of aromatic nitrogens is 3. The van der Waals surface area contributed by atoms with Crippen molar-refractivity contribution in [2.75, 3.05) is 6.61 Å². The highest BCUT2D eigenvalue weighted by Crippen LogP contribution is 2.34. The summed E-state index contributed by atoms with van der Waals surface area (Å²) in [6.07, 6.45) is 0.745. The fourth-order valence-corrected chi connectivity index (χ4v) is 5.44. The summed E-state index contributed by atoms with van der Waals surface area (Å²) in [5, 5.41) is 14.4. The minimum Gasteiger partial charge on any atom is -0.494 e. The molecule has 0 aliphatic heterocycles. The molecule has 0 aliphatic carbocycles. The fourth-order valence-electron chi connectivity index (χ4n) is 5.44. The maximum absolute atomic E-state index is 13.9. The first-order chi connectivity index (χ1) is 21.5. The molecule has 0 amide bonds. The van der Waals surface area contributed by atoms with Crippen LogP contribution in [0.1, 0.15) is 61.7 Å². The molecule has 0 unspecified atom stereocenters. The van der Waals surface area contributed by atoms with Gasteiger partial charge in [-0.1, -0.05) is 26.0 Å². The van der Waals surface area contributed by atoms with Crippen LogP contribution in [0, 0.1) is 20.8 Å². The second-order valence-electron chi connectivity index (χ2n) is 11.4. The number of carboxylic acid groups (broad SMARTS) is 1. The maximum Gasteiger partial charge on any atom is 0.344 e. The van der Waals surface area contributed by atoms with Crippen LogP contribution >= 0.6 is 0 Å². The second kappa shape index (κ2) is 12.8. The summed E-state index contributed by atoms with van der Waals surface area (Å²) >= 11 is 0. The Balaban J connectivity index is 1.60. The molecule has 0 saturated carbocycles. The SMILES string of the molecule is CCOc1cc(C)c(-c2nc3ccccc3c(=O)n2N=Cc2cc(C)n(-c3ccc(O[C@@H](C)C(=O)O)cc3)c2C)cc1C(C)C. The number of benzene rings is 3. The van der Waals surface area contributed by atoms with E-state index in [2.05, 4.69) is 24.5 Å². The van der Waals surface area contributed by atoms with Gasteiger partial charge in [-0.3, -0.25) is 4.79 Å². The van der Waals surface area contributed by atoms with Crippen molar-refractivity contribution in [1.29, 1.82) is 0 Å². The normalized spacial score (nSPS) is 12.3. The molecule has 5 rings (SSSR count). The van der Waals surface area contributed by atoms with Crippen molar-refractivity contribution in [2.45, 2.75) is 60.5 Å². The predicted molar refractivity (Wildman–Crippen MR) is 177 cm³/mol. The zero-order valence-corrected chi connectivity index (χ0v) is 26.7. The molecule has 0 fully saturated rings. The number of nitrogens with zero attached hydrogens (tertiary/aromatic N) is 4. The predicted octanol–water partition coefficient (Wildman–Crippen LogP) is 7.04. The molecule has 9 nitrogen and oxygen atoms in total. The van der Waals surface area contributed by atoms with Gasteiger partial charge in [-0.15, -0.1) is 0 Å². The van der Waals surface area contributed by atoms with Gasteiger partial charge in [-0.25, -0.2) is 9.78 Å². The minimum atomic E-state index is -1.03. The first-order valence-electron chi connectivity index (χ1n) is 15.0. The Bertz CT molecular complexity index is 1970. The van der Waals surface area contributed by atoms with E-state index in [4.69, 9.17) is 24.7 Å². The van der Waals surface area contributed by atoms with Crippen LogP contribution in [-0.2, 0) is 4.79 Å². The number of hydrogen-bond donors (Lipinski definition) is 1. The van der Waals surface area contributed by atoms with Crippen LogP contribution < -0.4 is 15.0 Å². The lowest BCUT2D eigenvalue weighted by atomic mass is 9.96. The highest BCUT2D eigenvalue weighted by atomic mass is 16.5. The van der Waals surface area contributed by atoms with Crippen molar-refractivity contribution in [3.05, 3.63) is 105 Å². The summed E-state index contributed by atoms with van der Waals surface area (Å²) < 4.78 is 14.9. The molecule has 1 atom stereocenters. The third-order valence-electron chi connectivity index (χ3n) is 7.81. The second-order valence-corrected chi connectivity index (χ2v) is 11.4. The van der Waals surface area contributed by atoms with Gasteiger partial charge in [-0.05, 0) is 106 Å². The monoisotopic (exact) mass is 606 g/mol. The largest absolute Gasteiger partial charge is 0.494 e. The van der Waals surface area contributed by atoms with Crippen molar-refractivity contribution in [3.8, 4) is 28.6 Å². The number of para-hydroxylation sites is 1. The molecule has 3 aromatic carbocycles. The quantitative estimate of drug-likeness (QED) is 0.171. The van der Waals surface area contributed by atoms with Crippen LogP contribution in [0.4, 0.5) is 0 Å². The summed E-state index contributed by atoms with van der Waals surface area (Å²) in [5.74, 6) is 0.926. The van der Waals surface area contributed by atoms with Gasteiger partial charge in [0.05, 0.1) is 23.7 Å². The molecule has 0 aliphatic rings. The molecule has 0 bridgehead atoms. The highest BCUT2D eigenvalue weighted by molar-refractivity contribution is 5.84. The number of ether oxygens (including phenoxy) is 2. The van der Waals surface area contributed by atoms with Crippen molar-refractivity contribution in [1.82, 2.24) is 14.2 Å². The molecule has 45 heavy (non-hydrogen) atoms. The Morgan fingerprint density at radius 2 is 1.73 bits per heavy atom. The average molecular weight is 607 g/mol. The van der Waals surface area contributed by atoms with Crippen LogP contribution in [0.2, 0.25) is 0 Å². The molecule has 9 heteroatoms. The van der Waals surface area contributed by atoms with Crippen LogP contribution in [0.25, 0.3) is 28.0 Å². The topological polar surface area (TPSA) is 108 Å². The van der Waals surface area contributed by atoms with Gasteiger partial charge in [0, 0.05) is 28.2 Å². The van der Waals surface area contributed by atoms with Crippen LogP contribution in [-0.4, -0.2) is 44.2 Å². The average Bonchev–Trinajstić information content (AvgIpc) is 3.29. The van der Waals surface area contributed by atoms with Gasteiger partial charge in [0.15, 0.2) is 11.9 Å². The van der Waals surface area contributed by atoms with E-state index >= 15 is 0 Å². The van der Waals surface area contributed by atoms with Crippen LogP contribution in [0.3, 0.4) is 0 Å². The molecule has 232 valence electrons. The minimum absolute atomic E-state index is 0.196. The van der Waals surface area contributed by atoms with Gasteiger partial charge >= 0.3 is 5.97 Å². The molecular weight excluding hydrogens is 568 g/mol. The lowest BCUT2D eigenvalue weighted by Crippen LogP contribution is -2.22. The van der Waals surface area contributed by atoms with E-state index in [1.807, 2.05) is 70.2 Å². The number of hydrogen-bond acceptors (Lipinski definition) is 6. The van der Waals surface area contributed by atoms with Crippen molar-refractivity contribution in [2.24, 2.45) is 5.10 Å². The van der Waals surface area contributed by atoms with E-state index in [9.17, 15) is 9.59 Å². The van der Waals surface area contributed by atoms with E-state index in [0.717, 1.165) is 45.1 Å². The summed E-state index contributed by atoms with van der Waals surface area (Å²) in [5.41, 5.74) is 6.73.